The number of tetrazole rings is 1. The van der Waals surface area contributed by atoms with Crippen LogP contribution in [-0.2, 0) is 11.3 Å². The van der Waals surface area contributed by atoms with Gasteiger partial charge in [0.2, 0.25) is 5.91 Å². The predicted octanol–water partition coefficient (Wildman–Crippen LogP) is 3.14. The Morgan fingerprint density at radius 1 is 1.16 bits per heavy atom. The van der Waals surface area contributed by atoms with E-state index in [0.717, 1.165) is 15.8 Å². The standard InChI is InChI=1S/C17H16BrN5O2/c1-2-25-15-9-7-14(8-10-15)19-16(24)11-23-17(20-21-22-23)12-3-5-13(18)6-4-12/h3-10H,2,11H2,1H3,(H,19,24). The molecule has 8 heteroatoms. The number of ether oxygens (including phenoxy) is 1. The third-order valence-corrected chi connectivity index (χ3v) is 3.91. The van der Waals surface area contributed by atoms with Crippen molar-refractivity contribution < 1.29 is 9.53 Å². The number of carbonyl (C=O) groups excluding carboxylic acids is 1. The van der Waals surface area contributed by atoms with Crippen LogP contribution in [0, 0.1) is 0 Å². The number of hydrogen-bond donors (Lipinski definition) is 1. The van der Waals surface area contributed by atoms with E-state index in [1.165, 1.54) is 4.68 Å². The van der Waals surface area contributed by atoms with Gasteiger partial charge in [0.25, 0.3) is 0 Å². The van der Waals surface area contributed by atoms with Gasteiger partial charge in [-0.05, 0) is 53.7 Å². The second kappa shape index (κ2) is 7.89. The van der Waals surface area contributed by atoms with Gasteiger partial charge in [-0.25, -0.2) is 4.68 Å². The fourth-order valence-corrected chi connectivity index (χ4v) is 2.52. The van der Waals surface area contributed by atoms with Crippen LogP contribution in [0.2, 0.25) is 0 Å². The number of halogens is 1. The van der Waals surface area contributed by atoms with E-state index in [2.05, 4.69) is 36.8 Å². The zero-order chi connectivity index (χ0) is 17.6. The van der Waals surface area contributed by atoms with Gasteiger partial charge in [0, 0.05) is 15.7 Å². The normalized spacial score (nSPS) is 10.5. The van der Waals surface area contributed by atoms with Crippen molar-refractivity contribution in [2.24, 2.45) is 0 Å². The summed E-state index contributed by atoms with van der Waals surface area (Å²) in [6.07, 6.45) is 0. The maximum atomic E-state index is 12.3. The first kappa shape index (κ1) is 17.1. The van der Waals surface area contributed by atoms with E-state index in [0.29, 0.717) is 18.1 Å². The molecule has 0 saturated carbocycles. The van der Waals surface area contributed by atoms with Crippen LogP contribution in [0.25, 0.3) is 11.4 Å². The number of nitrogens with zero attached hydrogens (tertiary/aromatic N) is 4. The first-order chi connectivity index (χ1) is 12.2. The molecular weight excluding hydrogens is 386 g/mol. The number of hydrogen-bond acceptors (Lipinski definition) is 5. The topological polar surface area (TPSA) is 81.9 Å². The van der Waals surface area contributed by atoms with Gasteiger partial charge in [0.15, 0.2) is 5.82 Å². The summed E-state index contributed by atoms with van der Waals surface area (Å²) in [6, 6.07) is 14.8. The van der Waals surface area contributed by atoms with Crippen molar-refractivity contribution in [1.29, 1.82) is 0 Å². The molecule has 1 amide bonds. The minimum atomic E-state index is -0.213. The molecule has 0 atom stereocenters. The maximum absolute atomic E-state index is 12.3. The highest BCUT2D eigenvalue weighted by Crippen LogP contribution is 2.19. The molecule has 0 saturated heterocycles. The molecular formula is C17H16BrN5O2. The molecule has 0 fully saturated rings. The molecule has 1 heterocycles. The van der Waals surface area contributed by atoms with Crippen molar-refractivity contribution in [3.8, 4) is 17.1 Å². The Labute approximate surface area is 153 Å². The third-order valence-electron chi connectivity index (χ3n) is 3.38. The highest BCUT2D eigenvalue weighted by atomic mass is 79.9. The molecule has 2 aromatic carbocycles. The largest absolute Gasteiger partial charge is 0.494 e. The molecule has 7 nitrogen and oxygen atoms in total. The molecule has 0 aliphatic heterocycles. The maximum Gasteiger partial charge on any atom is 0.246 e. The van der Waals surface area contributed by atoms with E-state index in [-0.39, 0.29) is 12.5 Å². The second-order valence-electron chi connectivity index (χ2n) is 5.17. The quantitative estimate of drug-likeness (QED) is 0.685. The van der Waals surface area contributed by atoms with Gasteiger partial charge in [-0.3, -0.25) is 4.79 Å². The molecule has 0 spiro atoms. The minimum Gasteiger partial charge on any atom is -0.494 e. The molecule has 128 valence electrons. The zero-order valence-electron chi connectivity index (χ0n) is 13.5. The number of rotatable bonds is 6. The van der Waals surface area contributed by atoms with Crippen molar-refractivity contribution in [3.05, 3.63) is 53.0 Å². The lowest BCUT2D eigenvalue weighted by Gasteiger charge is -2.08. The Kier molecular flexibility index (Phi) is 5.39. The third kappa shape index (κ3) is 4.42. The summed E-state index contributed by atoms with van der Waals surface area (Å²) in [7, 11) is 0. The van der Waals surface area contributed by atoms with Crippen LogP contribution in [0.4, 0.5) is 5.69 Å². The van der Waals surface area contributed by atoms with Gasteiger partial charge in [-0.1, -0.05) is 28.1 Å². The Balaban J connectivity index is 1.67. The second-order valence-corrected chi connectivity index (χ2v) is 6.09. The van der Waals surface area contributed by atoms with Crippen LogP contribution in [0.1, 0.15) is 6.92 Å². The van der Waals surface area contributed by atoms with Gasteiger partial charge in [-0.2, -0.15) is 0 Å². The molecule has 25 heavy (non-hydrogen) atoms. The predicted molar refractivity (Wildman–Crippen MR) is 97.2 cm³/mol. The molecule has 0 unspecified atom stereocenters. The number of carbonyl (C=O) groups is 1. The molecule has 3 aromatic rings. The van der Waals surface area contributed by atoms with Crippen molar-refractivity contribution in [3.63, 3.8) is 0 Å². The molecule has 1 aromatic heterocycles. The highest BCUT2D eigenvalue weighted by Gasteiger charge is 2.12. The van der Waals surface area contributed by atoms with E-state index in [1.54, 1.807) is 12.1 Å². The Bertz CT molecular complexity index is 846. The Hall–Kier alpha value is -2.74. The first-order valence-electron chi connectivity index (χ1n) is 7.70. The molecule has 1 N–H and O–H groups in total. The fraction of sp³-hybridized carbons (Fsp3) is 0.176. The smallest absolute Gasteiger partial charge is 0.246 e. The molecule has 0 aliphatic carbocycles. The van der Waals surface area contributed by atoms with E-state index >= 15 is 0 Å². The SMILES string of the molecule is CCOc1ccc(NC(=O)Cn2nnnc2-c2ccc(Br)cc2)cc1. The number of nitrogens with one attached hydrogen (secondary N) is 1. The summed E-state index contributed by atoms with van der Waals surface area (Å²) in [5, 5.41) is 14.4. The van der Waals surface area contributed by atoms with Crippen LogP contribution in [0.3, 0.4) is 0 Å². The van der Waals surface area contributed by atoms with E-state index in [9.17, 15) is 4.79 Å². The number of benzene rings is 2. The average Bonchev–Trinajstić information content (AvgIpc) is 3.05. The van der Waals surface area contributed by atoms with E-state index in [1.807, 2.05) is 43.3 Å². The molecule has 0 bridgehead atoms. The Morgan fingerprint density at radius 3 is 2.56 bits per heavy atom. The number of amides is 1. The van der Waals surface area contributed by atoms with Crippen LogP contribution in [0.15, 0.2) is 53.0 Å². The monoisotopic (exact) mass is 401 g/mol. The van der Waals surface area contributed by atoms with Crippen LogP contribution in [0.5, 0.6) is 5.75 Å². The lowest BCUT2D eigenvalue weighted by Crippen LogP contribution is -2.20. The van der Waals surface area contributed by atoms with E-state index < -0.39 is 0 Å². The fourth-order valence-electron chi connectivity index (χ4n) is 2.25. The lowest BCUT2D eigenvalue weighted by molar-refractivity contribution is -0.116. The van der Waals surface area contributed by atoms with Crippen LogP contribution < -0.4 is 10.1 Å². The van der Waals surface area contributed by atoms with Crippen LogP contribution >= 0.6 is 15.9 Å². The van der Waals surface area contributed by atoms with Gasteiger partial charge in [0.1, 0.15) is 12.3 Å². The summed E-state index contributed by atoms with van der Waals surface area (Å²) in [6.45, 7) is 2.54. The zero-order valence-corrected chi connectivity index (χ0v) is 15.1. The molecule has 3 rings (SSSR count). The average molecular weight is 402 g/mol. The molecule has 0 aliphatic rings. The summed E-state index contributed by atoms with van der Waals surface area (Å²) < 4.78 is 7.80. The summed E-state index contributed by atoms with van der Waals surface area (Å²) >= 11 is 3.39. The van der Waals surface area contributed by atoms with Crippen molar-refractivity contribution in [1.82, 2.24) is 20.2 Å². The Morgan fingerprint density at radius 2 is 1.88 bits per heavy atom. The van der Waals surface area contributed by atoms with Crippen molar-refractivity contribution in [2.45, 2.75) is 13.5 Å². The molecule has 0 radical (unpaired) electrons. The summed E-state index contributed by atoms with van der Waals surface area (Å²) in [5.41, 5.74) is 1.52. The van der Waals surface area contributed by atoms with Gasteiger partial charge < -0.3 is 10.1 Å². The summed E-state index contributed by atoms with van der Waals surface area (Å²) in [4.78, 5) is 12.3. The van der Waals surface area contributed by atoms with Crippen molar-refractivity contribution >= 4 is 27.5 Å². The first-order valence-corrected chi connectivity index (χ1v) is 8.50. The number of anilines is 1. The highest BCUT2D eigenvalue weighted by molar-refractivity contribution is 9.10. The lowest BCUT2D eigenvalue weighted by atomic mass is 10.2. The van der Waals surface area contributed by atoms with E-state index in [4.69, 9.17) is 4.74 Å². The van der Waals surface area contributed by atoms with Gasteiger partial charge >= 0.3 is 0 Å². The van der Waals surface area contributed by atoms with Gasteiger partial charge in [0.05, 0.1) is 6.61 Å². The van der Waals surface area contributed by atoms with Gasteiger partial charge in [-0.15, -0.1) is 5.10 Å². The van der Waals surface area contributed by atoms with Crippen LogP contribution in [-0.4, -0.2) is 32.7 Å². The number of aromatic nitrogens is 4. The van der Waals surface area contributed by atoms with Crippen molar-refractivity contribution in [2.75, 3.05) is 11.9 Å². The summed E-state index contributed by atoms with van der Waals surface area (Å²) in [5.74, 6) is 1.09. The minimum absolute atomic E-state index is 0.0195.